The lowest BCUT2D eigenvalue weighted by Gasteiger charge is -2.34. The number of hydrogen-bond donors (Lipinski definition) is 3. The van der Waals surface area contributed by atoms with Crippen LogP contribution in [0.15, 0.2) is 53.5 Å². The van der Waals surface area contributed by atoms with Crippen LogP contribution in [-0.4, -0.2) is 68.9 Å². The summed E-state index contributed by atoms with van der Waals surface area (Å²) < 4.78 is 33.4. The SMILES string of the molecule is CCS(=O)(=O)N(C/C=C/c1cccc(C(=N)N)c1)c1ccc(OC2CCN(C3=NCCC3)CC2)c(C(N)=O)c1.Cl.Cl. The summed E-state index contributed by atoms with van der Waals surface area (Å²) in [5.41, 5.74) is 13.1. The van der Waals surface area contributed by atoms with Gasteiger partial charge in [-0.05, 0) is 43.2 Å². The average molecular weight is 626 g/mol. The second-order valence-corrected chi connectivity index (χ2v) is 11.8. The molecule has 1 saturated heterocycles. The zero-order valence-electron chi connectivity index (χ0n) is 23.0. The molecule has 1 amide bonds. The van der Waals surface area contributed by atoms with Gasteiger partial charge in [0.2, 0.25) is 10.0 Å². The van der Waals surface area contributed by atoms with Crippen molar-refractivity contribution in [1.82, 2.24) is 4.90 Å². The van der Waals surface area contributed by atoms with Crippen molar-refractivity contribution in [3.8, 4) is 5.75 Å². The fourth-order valence-corrected chi connectivity index (χ4v) is 5.85. The van der Waals surface area contributed by atoms with Gasteiger partial charge in [0, 0.05) is 44.5 Å². The molecule has 2 aromatic rings. The smallest absolute Gasteiger partial charge is 0.252 e. The second-order valence-electron chi connectivity index (χ2n) is 9.62. The molecule has 5 N–H and O–H groups in total. The van der Waals surface area contributed by atoms with Crippen molar-refractivity contribution >= 4 is 64.2 Å². The Bertz CT molecular complexity index is 1390. The lowest BCUT2D eigenvalue weighted by atomic mass is 10.1. The van der Waals surface area contributed by atoms with Gasteiger partial charge in [-0.25, -0.2) is 8.42 Å². The molecule has 1 fully saturated rings. The first kappa shape index (κ1) is 33.9. The minimum atomic E-state index is -3.67. The summed E-state index contributed by atoms with van der Waals surface area (Å²) >= 11 is 0. The number of amides is 1. The van der Waals surface area contributed by atoms with Gasteiger partial charge in [-0.1, -0.05) is 30.4 Å². The zero-order chi connectivity index (χ0) is 28.0. The largest absolute Gasteiger partial charge is 0.489 e. The molecular formula is C28H38Cl2N6O4S. The number of carbonyl (C=O) groups is 1. The number of ether oxygens (including phenoxy) is 1. The molecule has 41 heavy (non-hydrogen) atoms. The van der Waals surface area contributed by atoms with Gasteiger partial charge in [0.25, 0.3) is 5.91 Å². The molecule has 224 valence electrons. The van der Waals surface area contributed by atoms with Crippen LogP contribution >= 0.6 is 24.8 Å². The highest BCUT2D eigenvalue weighted by Gasteiger charge is 2.26. The number of nitrogens with zero attached hydrogens (tertiary/aromatic N) is 3. The Balaban J connectivity index is 0.00000294. The summed E-state index contributed by atoms with van der Waals surface area (Å²) in [5.74, 6) is 0.682. The summed E-state index contributed by atoms with van der Waals surface area (Å²) in [4.78, 5) is 19.3. The van der Waals surface area contributed by atoms with Crippen molar-refractivity contribution in [1.29, 1.82) is 5.41 Å². The van der Waals surface area contributed by atoms with Crippen molar-refractivity contribution in [3.63, 3.8) is 0 Å². The Labute approximate surface area is 254 Å². The van der Waals surface area contributed by atoms with Gasteiger partial charge in [0.1, 0.15) is 17.7 Å². The van der Waals surface area contributed by atoms with Crippen LogP contribution in [0.1, 0.15) is 54.1 Å². The molecule has 2 aliphatic heterocycles. The van der Waals surface area contributed by atoms with Crippen LogP contribution in [0.4, 0.5) is 5.69 Å². The van der Waals surface area contributed by atoms with Crippen LogP contribution in [-0.2, 0) is 10.0 Å². The highest BCUT2D eigenvalue weighted by Crippen LogP contribution is 2.29. The molecule has 0 unspecified atom stereocenters. The number of nitrogen functional groups attached to an aromatic ring is 1. The van der Waals surface area contributed by atoms with Crippen LogP contribution in [0, 0.1) is 5.41 Å². The summed E-state index contributed by atoms with van der Waals surface area (Å²) in [6.07, 6.45) is 7.12. The monoisotopic (exact) mass is 624 g/mol. The van der Waals surface area contributed by atoms with E-state index in [1.165, 1.54) is 16.2 Å². The molecule has 0 radical (unpaired) electrons. The van der Waals surface area contributed by atoms with Gasteiger partial charge in [-0.2, -0.15) is 0 Å². The topological polar surface area (TPSA) is 155 Å². The number of anilines is 1. The Morgan fingerprint density at radius 3 is 2.51 bits per heavy atom. The minimum Gasteiger partial charge on any atom is -0.489 e. The van der Waals surface area contributed by atoms with E-state index in [1.807, 2.05) is 6.07 Å². The lowest BCUT2D eigenvalue weighted by molar-refractivity contribution is 0.0982. The van der Waals surface area contributed by atoms with E-state index in [4.69, 9.17) is 21.6 Å². The minimum absolute atomic E-state index is 0. The van der Waals surface area contributed by atoms with Gasteiger partial charge in [-0.3, -0.25) is 19.5 Å². The number of carbonyl (C=O) groups excluding carboxylic acids is 1. The van der Waals surface area contributed by atoms with E-state index in [1.54, 1.807) is 49.4 Å². The van der Waals surface area contributed by atoms with Crippen LogP contribution in [0.3, 0.4) is 0 Å². The number of nitrogens with one attached hydrogen (secondary N) is 1. The normalized spacial score (nSPS) is 15.5. The molecule has 0 atom stereocenters. The van der Waals surface area contributed by atoms with E-state index >= 15 is 0 Å². The first-order valence-corrected chi connectivity index (χ1v) is 14.8. The van der Waals surface area contributed by atoms with E-state index in [2.05, 4.69) is 9.89 Å². The number of nitrogens with two attached hydrogens (primary N) is 2. The number of rotatable bonds is 10. The predicted molar refractivity (Wildman–Crippen MR) is 170 cm³/mol. The van der Waals surface area contributed by atoms with Crippen LogP contribution in [0.5, 0.6) is 5.75 Å². The van der Waals surface area contributed by atoms with Crippen LogP contribution in [0.25, 0.3) is 6.08 Å². The third kappa shape index (κ3) is 8.61. The van der Waals surface area contributed by atoms with Gasteiger partial charge in [-0.15, -0.1) is 24.8 Å². The average Bonchev–Trinajstić information content (AvgIpc) is 3.47. The summed E-state index contributed by atoms with van der Waals surface area (Å²) in [7, 11) is -3.67. The molecule has 0 aromatic heterocycles. The Morgan fingerprint density at radius 2 is 1.90 bits per heavy atom. The fourth-order valence-electron chi connectivity index (χ4n) is 4.79. The summed E-state index contributed by atoms with van der Waals surface area (Å²) in [6.45, 7) is 4.20. The van der Waals surface area contributed by atoms with Crippen molar-refractivity contribution in [3.05, 3.63) is 65.2 Å². The lowest BCUT2D eigenvalue weighted by Crippen LogP contribution is -2.41. The molecule has 0 aliphatic carbocycles. The quantitative estimate of drug-likeness (QED) is 0.269. The second kappa shape index (κ2) is 15.1. The number of primary amides is 1. The number of piperidine rings is 1. The number of halogens is 2. The maximum Gasteiger partial charge on any atom is 0.252 e. The Hall–Kier alpha value is -3.28. The van der Waals surface area contributed by atoms with Crippen molar-refractivity contribution < 1.29 is 17.9 Å². The molecule has 2 heterocycles. The van der Waals surface area contributed by atoms with E-state index in [0.717, 1.165) is 50.9 Å². The van der Waals surface area contributed by atoms with Crippen LogP contribution in [0.2, 0.25) is 0 Å². The zero-order valence-corrected chi connectivity index (χ0v) is 25.4. The highest BCUT2D eigenvalue weighted by atomic mass is 35.5. The molecule has 13 heteroatoms. The molecule has 0 spiro atoms. The fraction of sp³-hybridized carbons (Fsp3) is 0.393. The van der Waals surface area contributed by atoms with Gasteiger partial charge in [0.15, 0.2) is 0 Å². The highest BCUT2D eigenvalue weighted by molar-refractivity contribution is 7.92. The third-order valence-corrected chi connectivity index (χ3v) is 8.71. The number of hydrogen-bond acceptors (Lipinski definition) is 7. The maximum atomic E-state index is 13.0. The maximum absolute atomic E-state index is 13.0. The number of aliphatic imine (C=N–C) groups is 1. The van der Waals surface area contributed by atoms with Crippen molar-refractivity contribution in [2.45, 2.75) is 38.7 Å². The first-order valence-electron chi connectivity index (χ1n) is 13.2. The van der Waals surface area contributed by atoms with E-state index in [-0.39, 0.29) is 54.6 Å². The number of amidine groups is 2. The van der Waals surface area contributed by atoms with Gasteiger partial charge >= 0.3 is 0 Å². The molecule has 2 aliphatic rings. The van der Waals surface area contributed by atoms with Gasteiger partial charge < -0.3 is 21.1 Å². The molecule has 2 aromatic carbocycles. The first-order chi connectivity index (χ1) is 18.7. The summed E-state index contributed by atoms with van der Waals surface area (Å²) in [6, 6.07) is 11.9. The number of sulfonamides is 1. The standard InChI is InChI=1S/C28H36N6O4S.2ClH/c1-2-39(36,37)34(15-5-7-20-6-3-8-21(18-20)27(29)30)22-10-11-25(24(19-22)28(31)35)38-23-12-16-33(17-13-23)26-9-4-14-32-26;;/h3,5-8,10-11,18-19,23H,2,4,9,12-17H2,1H3,(H3,29,30)(H2,31,35);2*1H/b7-5+;;. The third-order valence-electron chi connectivity index (χ3n) is 6.95. The van der Waals surface area contributed by atoms with Crippen LogP contribution < -0.4 is 20.5 Å². The Morgan fingerprint density at radius 1 is 1.17 bits per heavy atom. The van der Waals surface area contributed by atoms with E-state index < -0.39 is 15.9 Å². The molecule has 0 saturated carbocycles. The van der Waals surface area contributed by atoms with Crippen molar-refractivity contribution in [2.24, 2.45) is 16.5 Å². The van der Waals surface area contributed by atoms with Gasteiger partial charge in [0.05, 0.1) is 29.4 Å². The molecule has 10 nitrogen and oxygen atoms in total. The van der Waals surface area contributed by atoms with E-state index in [9.17, 15) is 13.2 Å². The summed E-state index contributed by atoms with van der Waals surface area (Å²) in [5, 5.41) is 7.61. The molecule has 4 rings (SSSR count). The van der Waals surface area contributed by atoms with E-state index in [0.29, 0.717) is 17.0 Å². The van der Waals surface area contributed by atoms with Crippen molar-refractivity contribution in [2.75, 3.05) is 36.2 Å². The Kier molecular flexibility index (Phi) is 12.5. The predicted octanol–water partition coefficient (Wildman–Crippen LogP) is 3.82. The number of benzene rings is 2. The molecular weight excluding hydrogens is 587 g/mol. The molecule has 0 bridgehead atoms. The number of likely N-dealkylation sites (tertiary alicyclic amines) is 1.